The third-order valence-electron chi connectivity index (χ3n) is 4.87. The summed E-state index contributed by atoms with van der Waals surface area (Å²) in [5.74, 6) is 2.12. The third kappa shape index (κ3) is 7.75. The van der Waals surface area contributed by atoms with Crippen molar-refractivity contribution in [3.63, 3.8) is 0 Å². The summed E-state index contributed by atoms with van der Waals surface area (Å²) in [5, 5.41) is 3.44. The van der Waals surface area contributed by atoms with Crippen molar-refractivity contribution in [2.24, 2.45) is 10.9 Å². The van der Waals surface area contributed by atoms with Gasteiger partial charge in [-0.15, -0.1) is 24.0 Å². The molecule has 0 spiro atoms. The van der Waals surface area contributed by atoms with Crippen LogP contribution in [0.4, 0.5) is 0 Å². The van der Waals surface area contributed by atoms with Gasteiger partial charge in [0.05, 0.1) is 19.3 Å². The average molecular weight is 524 g/mol. The number of hydrogen-bond acceptors (Lipinski definition) is 4. The minimum Gasteiger partial charge on any atom is -0.475 e. The zero-order chi connectivity index (χ0) is 20.5. The molecule has 1 atom stereocenters. The Balaban J connectivity index is 0.00000320. The maximum absolute atomic E-state index is 5.93. The molecular weight excluding hydrogens is 491 g/mol. The van der Waals surface area contributed by atoms with Crippen LogP contribution in [0.15, 0.2) is 53.7 Å². The highest BCUT2D eigenvalue weighted by molar-refractivity contribution is 14.0. The predicted octanol–water partition coefficient (Wildman–Crippen LogP) is 4.10. The van der Waals surface area contributed by atoms with Crippen LogP contribution in [0.2, 0.25) is 0 Å². The second kappa shape index (κ2) is 12.7. The van der Waals surface area contributed by atoms with Crippen LogP contribution in [0.1, 0.15) is 31.4 Å². The van der Waals surface area contributed by atoms with Crippen molar-refractivity contribution in [3.8, 4) is 5.88 Å². The first-order valence-electron chi connectivity index (χ1n) is 10.3. The second-order valence-corrected chi connectivity index (χ2v) is 7.67. The molecule has 0 amide bonds. The fourth-order valence-corrected chi connectivity index (χ4v) is 3.42. The lowest BCUT2D eigenvalue weighted by Gasteiger charge is -2.22. The molecule has 3 rings (SSSR count). The van der Waals surface area contributed by atoms with Gasteiger partial charge in [-0.25, -0.2) is 4.98 Å². The van der Waals surface area contributed by atoms with Crippen LogP contribution in [0.5, 0.6) is 5.88 Å². The Bertz CT molecular complexity index is 769. The molecule has 1 fully saturated rings. The topological polar surface area (TPSA) is 59.0 Å². The van der Waals surface area contributed by atoms with Crippen LogP contribution in [0.25, 0.3) is 0 Å². The van der Waals surface area contributed by atoms with Crippen LogP contribution < -0.4 is 10.1 Å². The summed E-state index contributed by atoms with van der Waals surface area (Å²) < 4.78 is 11.5. The summed E-state index contributed by atoms with van der Waals surface area (Å²) in [6.07, 6.45) is 3.10. The van der Waals surface area contributed by atoms with E-state index < -0.39 is 0 Å². The normalized spacial score (nSPS) is 16.5. The van der Waals surface area contributed by atoms with Crippen LogP contribution in [0.3, 0.4) is 0 Å². The van der Waals surface area contributed by atoms with Gasteiger partial charge in [0.1, 0.15) is 0 Å². The maximum atomic E-state index is 5.93. The van der Waals surface area contributed by atoms with Gasteiger partial charge in [-0.1, -0.05) is 36.4 Å². The lowest BCUT2D eigenvalue weighted by Crippen LogP contribution is -2.39. The molecule has 6 nitrogen and oxygen atoms in total. The number of aliphatic imine (C=N–C) groups is 1. The molecule has 1 aromatic heterocycles. The van der Waals surface area contributed by atoms with E-state index in [0.29, 0.717) is 24.9 Å². The van der Waals surface area contributed by atoms with E-state index in [9.17, 15) is 0 Å². The summed E-state index contributed by atoms with van der Waals surface area (Å²) >= 11 is 0. The molecule has 0 saturated carbocycles. The quantitative estimate of drug-likeness (QED) is 0.320. The molecule has 1 saturated heterocycles. The van der Waals surface area contributed by atoms with Gasteiger partial charge in [0.2, 0.25) is 5.88 Å². The number of aromatic nitrogens is 1. The summed E-state index contributed by atoms with van der Waals surface area (Å²) in [7, 11) is 1.83. The van der Waals surface area contributed by atoms with Gasteiger partial charge < -0.3 is 19.7 Å². The smallest absolute Gasteiger partial charge is 0.213 e. The Morgan fingerprint density at radius 1 is 1.20 bits per heavy atom. The Hall–Kier alpha value is -1.87. The number of hydrogen-bond donors (Lipinski definition) is 1. The van der Waals surface area contributed by atoms with Crippen molar-refractivity contribution in [1.82, 2.24) is 15.2 Å². The number of halogens is 1. The number of guanidine groups is 1. The molecule has 1 aromatic carbocycles. The van der Waals surface area contributed by atoms with E-state index in [-0.39, 0.29) is 30.1 Å². The van der Waals surface area contributed by atoms with Crippen LogP contribution in [-0.4, -0.2) is 48.7 Å². The van der Waals surface area contributed by atoms with Gasteiger partial charge in [-0.05, 0) is 31.4 Å². The molecule has 0 bridgehead atoms. The Morgan fingerprint density at radius 3 is 2.67 bits per heavy atom. The van der Waals surface area contributed by atoms with E-state index in [2.05, 4.69) is 32.3 Å². The Morgan fingerprint density at radius 2 is 2.00 bits per heavy atom. The predicted molar refractivity (Wildman–Crippen MR) is 131 cm³/mol. The molecule has 1 aliphatic rings. The fraction of sp³-hybridized carbons (Fsp3) is 0.478. The standard InChI is InChI=1S/C23H32N4O2.HI/c1-18(2)29-22-10-9-20(13-25-22)14-26-23(24-3)27-12-11-21(15-27)17-28-16-19-7-5-4-6-8-19;/h4-10,13,18,21H,11-12,14-17H2,1-3H3,(H,24,26);1H. The number of ether oxygens (including phenoxy) is 2. The van der Waals surface area contributed by atoms with E-state index in [0.717, 1.165) is 37.6 Å². The molecule has 7 heteroatoms. The maximum Gasteiger partial charge on any atom is 0.213 e. The largest absolute Gasteiger partial charge is 0.475 e. The summed E-state index contributed by atoms with van der Waals surface area (Å²) in [6.45, 7) is 8.10. The van der Waals surface area contributed by atoms with Gasteiger partial charge in [0, 0.05) is 44.9 Å². The van der Waals surface area contributed by atoms with Crippen molar-refractivity contribution in [1.29, 1.82) is 0 Å². The fourth-order valence-electron chi connectivity index (χ4n) is 3.42. The number of pyridine rings is 1. The van der Waals surface area contributed by atoms with Gasteiger partial charge in [-0.3, -0.25) is 4.99 Å². The third-order valence-corrected chi connectivity index (χ3v) is 4.87. The molecule has 0 radical (unpaired) electrons. The summed E-state index contributed by atoms with van der Waals surface area (Å²) in [4.78, 5) is 11.1. The van der Waals surface area contributed by atoms with E-state index in [1.165, 1.54) is 5.56 Å². The first kappa shape index (κ1) is 24.4. The van der Waals surface area contributed by atoms with Crippen molar-refractivity contribution < 1.29 is 9.47 Å². The number of nitrogens with one attached hydrogen (secondary N) is 1. The van der Waals surface area contributed by atoms with Crippen molar-refractivity contribution >= 4 is 29.9 Å². The van der Waals surface area contributed by atoms with Crippen molar-refractivity contribution in [3.05, 3.63) is 59.8 Å². The number of rotatable bonds is 8. The number of benzene rings is 1. The van der Waals surface area contributed by atoms with Crippen LogP contribution in [0, 0.1) is 5.92 Å². The minimum atomic E-state index is 0. The zero-order valence-electron chi connectivity index (χ0n) is 18.1. The van der Waals surface area contributed by atoms with E-state index in [4.69, 9.17) is 9.47 Å². The molecule has 30 heavy (non-hydrogen) atoms. The molecule has 1 aliphatic heterocycles. The molecule has 0 aliphatic carbocycles. The van der Waals surface area contributed by atoms with Gasteiger partial charge in [0.25, 0.3) is 0 Å². The molecule has 164 valence electrons. The lowest BCUT2D eigenvalue weighted by molar-refractivity contribution is 0.0906. The highest BCUT2D eigenvalue weighted by Gasteiger charge is 2.24. The zero-order valence-corrected chi connectivity index (χ0v) is 20.4. The SMILES string of the molecule is CN=C(NCc1ccc(OC(C)C)nc1)N1CCC(COCc2ccccc2)C1.I. The molecule has 2 aromatic rings. The molecule has 1 unspecified atom stereocenters. The highest BCUT2D eigenvalue weighted by atomic mass is 127. The summed E-state index contributed by atoms with van der Waals surface area (Å²) in [5.41, 5.74) is 2.32. The molecule has 1 N–H and O–H groups in total. The summed E-state index contributed by atoms with van der Waals surface area (Å²) in [6, 6.07) is 14.3. The average Bonchev–Trinajstić information content (AvgIpc) is 3.19. The minimum absolute atomic E-state index is 0. The Labute approximate surface area is 197 Å². The van der Waals surface area contributed by atoms with Crippen LogP contribution >= 0.6 is 24.0 Å². The molecular formula is C23H33IN4O2. The van der Waals surface area contributed by atoms with E-state index >= 15 is 0 Å². The second-order valence-electron chi connectivity index (χ2n) is 7.67. The lowest BCUT2D eigenvalue weighted by atomic mass is 10.1. The first-order chi connectivity index (χ1) is 14.1. The number of likely N-dealkylation sites (tertiary alicyclic amines) is 1. The van der Waals surface area contributed by atoms with Gasteiger partial charge >= 0.3 is 0 Å². The Kier molecular flexibility index (Phi) is 10.4. The van der Waals surface area contributed by atoms with E-state index in [1.807, 2.05) is 57.4 Å². The van der Waals surface area contributed by atoms with E-state index in [1.54, 1.807) is 0 Å². The van der Waals surface area contributed by atoms with Gasteiger partial charge in [0.15, 0.2) is 5.96 Å². The van der Waals surface area contributed by atoms with Crippen molar-refractivity contribution in [2.75, 3.05) is 26.7 Å². The number of nitrogens with zero attached hydrogens (tertiary/aromatic N) is 3. The van der Waals surface area contributed by atoms with Crippen molar-refractivity contribution in [2.45, 2.75) is 39.5 Å². The monoisotopic (exact) mass is 524 g/mol. The van der Waals surface area contributed by atoms with Gasteiger partial charge in [-0.2, -0.15) is 0 Å². The molecule has 2 heterocycles. The first-order valence-corrected chi connectivity index (χ1v) is 10.3. The van der Waals surface area contributed by atoms with Crippen LogP contribution in [-0.2, 0) is 17.9 Å². The highest BCUT2D eigenvalue weighted by Crippen LogP contribution is 2.17.